The standard InChI is InChI=1S/C12H15FO3S/c1-9(14)8-12(2,3)17(15,16)11-6-4-10(13)5-7-11/h4-7H,8H2,1-3H3. The molecule has 3 nitrogen and oxygen atoms in total. The molecule has 0 spiro atoms. The van der Waals surface area contributed by atoms with Crippen molar-refractivity contribution in [2.24, 2.45) is 0 Å². The van der Waals surface area contributed by atoms with Gasteiger partial charge in [-0.05, 0) is 45.0 Å². The summed E-state index contributed by atoms with van der Waals surface area (Å²) in [6, 6.07) is 4.62. The fraction of sp³-hybridized carbons (Fsp3) is 0.417. The Morgan fingerprint density at radius 1 is 1.24 bits per heavy atom. The minimum atomic E-state index is -3.64. The topological polar surface area (TPSA) is 51.2 Å². The Hall–Kier alpha value is -1.23. The molecule has 0 aliphatic heterocycles. The van der Waals surface area contributed by atoms with Crippen molar-refractivity contribution < 1.29 is 17.6 Å². The molecule has 0 atom stereocenters. The zero-order valence-electron chi connectivity index (χ0n) is 10.0. The fourth-order valence-corrected chi connectivity index (χ4v) is 3.15. The third-order valence-corrected chi connectivity index (χ3v) is 5.02. The molecule has 0 fully saturated rings. The zero-order chi connectivity index (χ0) is 13.3. The van der Waals surface area contributed by atoms with Crippen LogP contribution in [0.4, 0.5) is 4.39 Å². The molecular formula is C12H15FO3S. The lowest BCUT2D eigenvalue weighted by Gasteiger charge is -2.23. The average molecular weight is 258 g/mol. The van der Waals surface area contributed by atoms with E-state index in [2.05, 4.69) is 0 Å². The molecule has 0 radical (unpaired) electrons. The highest BCUT2D eigenvalue weighted by molar-refractivity contribution is 7.92. The molecule has 0 aromatic heterocycles. The summed E-state index contributed by atoms with van der Waals surface area (Å²) in [4.78, 5) is 11.1. The van der Waals surface area contributed by atoms with Crippen molar-refractivity contribution in [3.8, 4) is 0 Å². The van der Waals surface area contributed by atoms with Crippen LogP contribution < -0.4 is 0 Å². The lowest BCUT2D eigenvalue weighted by Crippen LogP contribution is -2.34. The van der Waals surface area contributed by atoms with Crippen molar-refractivity contribution in [1.29, 1.82) is 0 Å². The number of rotatable bonds is 4. The van der Waals surface area contributed by atoms with Crippen molar-refractivity contribution in [3.63, 3.8) is 0 Å². The Balaban J connectivity index is 3.19. The van der Waals surface area contributed by atoms with E-state index in [1.807, 2.05) is 0 Å². The van der Waals surface area contributed by atoms with Crippen molar-refractivity contribution in [2.75, 3.05) is 0 Å². The predicted octanol–water partition coefficient (Wildman–Crippen LogP) is 2.36. The van der Waals surface area contributed by atoms with Crippen molar-refractivity contribution in [2.45, 2.75) is 36.8 Å². The number of Topliss-reactive ketones (excluding diaryl/α,β-unsaturated/α-hetero) is 1. The molecule has 0 saturated heterocycles. The molecule has 0 heterocycles. The number of halogens is 1. The zero-order valence-corrected chi connectivity index (χ0v) is 10.8. The molecule has 17 heavy (non-hydrogen) atoms. The maximum atomic E-state index is 12.7. The van der Waals surface area contributed by atoms with Gasteiger partial charge in [0, 0.05) is 6.42 Å². The molecular weight excluding hydrogens is 243 g/mol. The summed E-state index contributed by atoms with van der Waals surface area (Å²) in [6.45, 7) is 4.34. The number of benzene rings is 1. The lowest BCUT2D eigenvalue weighted by atomic mass is 10.1. The molecule has 1 aromatic carbocycles. The third kappa shape index (κ3) is 2.91. The monoisotopic (exact) mass is 258 g/mol. The van der Waals surface area contributed by atoms with E-state index >= 15 is 0 Å². The van der Waals surface area contributed by atoms with E-state index in [1.54, 1.807) is 0 Å². The Bertz CT molecular complexity index is 515. The van der Waals surface area contributed by atoms with Crippen LogP contribution >= 0.6 is 0 Å². The van der Waals surface area contributed by atoms with Crippen LogP contribution in [0.2, 0.25) is 0 Å². The van der Waals surface area contributed by atoms with Crippen LogP contribution in [0.5, 0.6) is 0 Å². The summed E-state index contributed by atoms with van der Waals surface area (Å²) in [5.41, 5.74) is 0. The first kappa shape index (κ1) is 13.8. The van der Waals surface area contributed by atoms with Gasteiger partial charge in [0.1, 0.15) is 11.6 Å². The largest absolute Gasteiger partial charge is 0.300 e. The molecule has 0 amide bonds. The highest BCUT2D eigenvalue weighted by Gasteiger charge is 2.36. The van der Waals surface area contributed by atoms with Crippen molar-refractivity contribution in [3.05, 3.63) is 30.1 Å². The molecule has 0 aliphatic carbocycles. The smallest absolute Gasteiger partial charge is 0.183 e. The molecule has 5 heteroatoms. The van der Waals surface area contributed by atoms with Gasteiger partial charge in [0.2, 0.25) is 0 Å². The Morgan fingerprint density at radius 3 is 2.12 bits per heavy atom. The average Bonchev–Trinajstić information content (AvgIpc) is 2.16. The summed E-state index contributed by atoms with van der Waals surface area (Å²) in [7, 11) is -3.64. The highest BCUT2D eigenvalue weighted by Crippen LogP contribution is 2.28. The van der Waals surface area contributed by atoms with Gasteiger partial charge in [-0.2, -0.15) is 0 Å². The molecule has 0 saturated carbocycles. The SMILES string of the molecule is CC(=O)CC(C)(C)S(=O)(=O)c1ccc(F)cc1. The quantitative estimate of drug-likeness (QED) is 0.779. The summed E-state index contributed by atoms with van der Waals surface area (Å²) in [5, 5.41) is 0. The second kappa shape index (κ2) is 4.56. The summed E-state index contributed by atoms with van der Waals surface area (Å²) < 4.78 is 36.0. The number of hydrogen-bond acceptors (Lipinski definition) is 3. The first-order valence-electron chi connectivity index (χ1n) is 5.16. The van der Waals surface area contributed by atoms with Crippen LogP contribution in [0.3, 0.4) is 0 Å². The van der Waals surface area contributed by atoms with Gasteiger partial charge < -0.3 is 0 Å². The Morgan fingerprint density at radius 2 is 1.71 bits per heavy atom. The first-order chi connectivity index (χ1) is 7.67. The van der Waals surface area contributed by atoms with Gasteiger partial charge in [-0.15, -0.1) is 0 Å². The van der Waals surface area contributed by atoms with Crippen LogP contribution in [-0.4, -0.2) is 18.9 Å². The molecule has 0 bridgehead atoms. The van der Waals surface area contributed by atoms with Crippen LogP contribution in [0.1, 0.15) is 27.2 Å². The minimum absolute atomic E-state index is 0.0325. The van der Waals surface area contributed by atoms with Gasteiger partial charge in [0.15, 0.2) is 9.84 Å². The van der Waals surface area contributed by atoms with E-state index in [-0.39, 0.29) is 17.1 Å². The Labute approximate surface area is 101 Å². The number of sulfone groups is 1. The van der Waals surface area contributed by atoms with E-state index < -0.39 is 20.4 Å². The molecule has 1 rings (SSSR count). The molecule has 1 aromatic rings. The van der Waals surface area contributed by atoms with Crippen molar-refractivity contribution in [1.82, 2.24) is 0 Å². The van der Waals surface area contributed by atoms with Crippen molar-refractivity contribution >= 4 is 15.6 Å². The first-order valence-corrected chi connectivity index (χ1v) is 6.65. The number of ketones is 1. The summed E-state index contributed by atoms with van der Waals surface area (Å²) >= 11 is 0. The molecule has 0 unspecified atom stereocenters. The van der Waals surface area contributed by atoms with Gasteiger partial charge >= 0.3 is 0 Å². The normalized spacial score (nSPS) is 12.5. The van der Waals surface area contributed by atoms with Gasteiger partial charge in [0.05, 0.1) is 9.64 Å². The number of carbonyl (C=O) groups excluding carboxylic acids is 1. The van der Waals surface area contributed by atoms with Crippen LogP contribution in [0.25, 0.3) is 0 Å². The van der Waals surface area contributed by atoms with Gasteiger partial charge in [-0.1, -0.05) is 0 Å². The van der Waals surface area contributed by atoms with E-state index in [0.29, 0.717) is 0 Å². The van der Waals surface area contributed by atoms with E-state index in [0.717, 1.165) is 12.1 Å². The van der Waals surface area contributed by atoms with Crippen LogP contribution in [0, 0.1) is 5.82 Å². The minimum Gasteiger partial charge on any atom is -0.300 e. The van der Waals surface area contributed by atoms with Gasteiger partial charge in [-0.3, -0.25) is 4.79 Å². The highest BCUT2D eigenvalue weighted by atomic mass is 32.2. The second-order valence-electron chi connectivity index (χ2n) is 4.60. The number of hydrogen-bond donors (Lipinski definition) is 0. The van der Waals surface area contributed by atoms with Gasteiger partial charge in [-0.25, -0.2) is 12.8 Å². The van der Waals surface area contributed by atoms with Crippen LogP contribution in [0.15, 0.2) is 29.2 Å². The van der Waals surface area contributed by atoms with E-state index in [9.17, 15) is 17.6 Å². The van der Waals surface area contributed by atoms with Gasteiger partial charge in [0.25, 0.3) is 0 Å². The molecule has 0 N–H and O–H groups in total. The van der Waals surface area contributed by atoms with E-state index in [1.165, 1.54) is 32.9 Å². The second-order valence-corrected chi connectivity index (χ2v) is 7.18. The van der Waals surface area contributed by atoms with E-state index in [4.69, 9.17) is 0 Å². The lowest BCUT2D eigenvalue weighted by molar-refractivity contribution is -0.117. The maximum Gasteiger partial charge on any atom is 0.183 e. The predicted molar refractivity (Wildman–Crippen MR) is 63.0 cm³/mol. The molecule has 0 aliphatic rings. The summed E-state index contributed by atoms with van der Waals surface area (Å²) in [6.07, 6.45) is -0.0628. The Kier molecular flexibility index (Phi) is 3.71. The fourth-order valence-electron chi connectivity index (χ4n) is 1.63. The maximum absolute atomic E-state index is 12.7. The summed E-state index contributed by atoms with van der Waals surface area (Å²) in [5.74, 6) is -0.686. The van der Waals surface area contributed by atoms with Crippen LogP contribution in [-0.2, 0) is 14.6 Å². The molecule has 94 valence electrons. The third-order valence-electron chi connectivity index (χ3n) is 2.53. The number of carbonyl (C=O) groups is 1.